The predicted molar refractivity (Wildman–Crippen MR) is 102 cm³/mol. The maximum absolute atomic E-state index is 11.3. The number of oxime groups is 2. The van der Waals surface area contributed by atoms with E-state index >= 15 is 0 Å². The Balaban J connectivity index is 2.64. The minimum absolute atomic E-state index is 0.0197. The lowest BCUT2D eigenvalue weighted by Gasteiger charge is -2.15. The molecule has 0 saturated heterocycles. The van der Waals surface area contributed by atoms with Gasteiger partial charge in [-0.15, -0.1) is 0 Å². The van der Waals surface area contributed by atoms with E-state index in [-0.39, 0.29) is 45.5 Å². The Morgan fingerprint density at radius 1 is 0.828 bits per heavy atom. The second kappa shape index (κ2) is 9.26. The number of benzene rings is 2. The van der Waals surface area contributed by atoms with Crippen molar-refractivity contribution in [2.24, 2.45) is 10.3 Å². The molecule has 11 heteroatoms. The van der Waals surface area contributed by atoms with Gasteiger partial charge >= 0.3 is 5.69 Å². The molecular formula is C18H19N3O8. The average molecular weight is 405 g/mol. The van der Waals surface area contributed by atoms with Crippen molar-refractivity contribution in [3.63, 3.8) is 0 Å². The van der Waals surface area contributed by atoms with E-state index in [0.717, 1.165) is 6.07 Å². The summed E-state index contributed by atoms with van der Waals surface area (Å²) < 4.78 is 20.7. The summed E-state index contributed by atoms with van der Waals surface area (Å²) in [6.45, 7) is 0. The number of hydrogen-bond donors (Lipinski definition) is 2. The molecule has 0 aliphatic heterocycles. The lowest BCUT2D eigenvalue weighted by atomic mass is 9.98. The minimum atomic E-state index is -0.646. The lowest BCUT2D eigenvalue weighted by Crippen LogP contribution is -2.18. The van der Waals surface area contributed by atoms with Gasteiger partial charge in [0.15, 0.2) is 17.2 Å². The highest BCUT2D eigenvalue weighted by atomic mass is 16.6. The summed E-state index contributed by atoms with van der Waals surface area (Å²) in [5.41, 5.74) is -0.415. The van der Waals surface area contributed by atoms with E-state index in [1.165, 1.54) is 52.7 Å². The van der Waals surface area contributed by atoms with E-state index in [2.05, 4.69) is 10.3 Å². The van der Waals surface area contributed by atoms with Gasteiger partial charge < -0.3 is 29.4 Å². The van der Waals surface area contributed by atoms with Gasteiger partial charge in [-0.05, 0) is 24.3 Å². The van der Waals surface area contributed by atoms with Crippen LogP contribution in [0.15, 0.2) is 40.6 Å². The summed E-state index contributed by atoms with van der Waals surface area (Å²) in [7, 11) is 5.53. The van der Waals surface area contributed by atoms with Gasteiger partial charge in [-0.2, -0.15) is 0 Å². The van der Waals surface area contributed by atoms with Gasteiger partial charge in [0.05, 0.1) is 33.4 Å². The highest BCUT2D eigenvalue weighted by Gasteiger charge is 2.24. The number of rotatable bonds is 8. The summed E-state index contributed by atoms with van der Waals surface area (Å²) in [4.78, 5) is 10.6. The maximum atomic E-state index is 11.3. The zero-order chi connectivity index (χ0) is 21.6. The molecule has 0 unspecified atom stereocenters. The smallest absolute Gasteiger partial charge is 0.311 e. The Bertz CT molecular complexity index is 947. The van der Waals surface area contributed by atoms with Gasteiger partial charge in [0.2, 0.25) is 5.75 Å². The molecule has 2 aromatic carbocycles. The van der Waals surface area contributed by atoms with E-state index in [4.69, 9.17) is 18.9 Å². The van der Waals surface area contributed by atoms with Gasteiger partial charge in [-0.3, -0.25) is 10.1 Å². The van der Waals surface area contributed by atoms with E-state index in [0.29, 0.717) is 5.75 Å². The number of nitro groups is 1. The van der Waals surface area contributed by atoms with Crippen LogP contribution in [-0.2, 0) is 0 Å². The van der Waals surface area contributed by atoms with Gasteiger partial charge in [0, 0.05) is 17.2 Å². The number of ether oxygens (including phenoxy) is 4. The first-order chi connectivity index (χ1) is 13.9. The van der Waals surface area contributed by atoms with Crippen LogP contribution in [0.1, 0.15) is 11.1 Å². The number of hydrogen-bond acceptors (Lipinski definition) is 10. The van der Waals surface area contributed by atoms with E-state index in [1.807, 2.05) is 0 Å². The molecule has 29 heavy (non-hydrogen) atoms. The SMILES string of the molecule is COc1ccc(C(=N\O)/C(=N/O)c2cc(OC)c(OC)c(OC)c2)cc1[N+](=O)[O-]. The Hall–Kier alpha value is -4.02. The van der Waals surface area contributed by atoms with Crippen molar-refractivity contribution in [3.05, 3.63) is 51.6 Å². The summed E-state index contributed by atoms with van der Waals surface area (Å²) in [5, 5.41) is 36.8. The summed E-state index contributed by atoms with van der Waals surface area (Å²) in [6, 6.07) is 6.84. The topological polar surface area (TPSA) is 145 Å². The van der Waals surface area contributed by atoms with Crippen LogP contribution in [0.25, 0.3) is 0 Å². The van der Waals surface area contributed by atoms with Gasteiger partial charge in [-0.1, -0.05) is 10.3 Å². The molecule has 0 amide bonds. The molecule has 0 fully saturated rings. The second-order valence-corrected chi connectivity index (χ2v) is 5.45. The molecule has 2 aromatic rings. The summed E-state index contributed by atoms with van der Waals surface area (Å²) >= 11 is 0. The molecule has 0 saturated carbocycles. The third-order valence-corrected chi connectivity index (χ3v) is 4.01. The third-order valence-electron chi connectivity index (χ3n) is 4.01. The molecule has 0 aliphatic carbocycles. The first-order valence-electron chi connectivity index (χ1n) is 8.03. The van der Waals surface area contributed by atoms with Crippen molar-refractivity contribution >= 4 is 17.1 Å². The maximum Gasteiger partial charge on any atom is 0.311 e. The van der Waals surface area contributed by atoms with Crippen molar-refractivity contribution in [1.29, 1.82) is 0 Å². The Morgan fingerprint density at radius 3 is 1.76 bits per heavy atom. The molecule has 0 heterocycles. The van der Waals surface area contributed by atoms with Crippen LogP contribution in [0, 0.1) is 10.1 Å². The van der Waals surface area contributed by atoms with E-state index < -0.39 is 4.92 Å². The van der Waals surface area contributed by atoms with E-state index in [1.54, 1.807) is 0 Å². The van der Waals surface area contributed by atoms with Crippen molar-refractivity contribution in [2.75, 3.05) is 28.4 Å². The number of nitro benzene ring substituents is 1. The van der Waals surface area contributed by atoms with Crippen LogP contribution >= 0.6 is 0 Å². The zero-order valence-electron chi connectivity index (χ0n) is 16.1. The predicted octanol–water partition coefficient (Wildman–Crippen LogP) is 2.69. The van der Waals surface area contributed by atoms with Gasteiger partial charge in [-0.25, -0.2) is 0 Å². The number of methoxy groups -OCH3 is 4. The zero-order valence-corrected chi connectivity index (χ0v) is 16.1. The molecule has 0 spiro atoms. The van der Waals surface area contributed by atoms with Crippen LogP contribution in [0.5, 0.6) is 23.0 Å². The molecule has 2 rings (SSSR count). The lowest BCUT2D eigenvalue weighted by molar-refractivity contribution is -0.385. The summed E-state index contributed by atoms with van der Waals surface area (Å²) in [5.74, 6) is 0.854. The molecular weight excluding hydrogens is 386 g/mol. The van der Waals surface area contributed by atoms with Crippen LogP contribution in [0.2, 0.25) is 0 Å². The third kappa shape index (κ3) is 4.13. The van der Waals surface area contributed by atoms with Crippen LogP contribution in [0.3, 0.4) is 0 Å². The number of nitrogens with zero attached hydrogens (tertiary/aromatic N) is 3. The van der Waals surface area contributed by atoms with Crippen LogP contribution in [-0.4, -0.2) is 55.2 Å². The molecule has 2 N–H and O–H groups in total. The average Bonchev–Trinajstić information content (AvgIpc) is 2.75. The molecule has 0 atom stereocenters. The van der Waals surface area contributed by atoms with Crippen molar-refractivity contribution < 1.29 is 34.3 Å². The molecule has 0 aromatic heterocycles. The fraction of sp³-hybridized carbons (Fsp3) is 0.222. The van der Waals surface area contributed by atoms with Crippen molar-refractivity contribution in [1.82, 2.24) is 0 Å². The first-order valence-corrected chi connectivity index (χ1v) is 8.03. The molecule has 0 bridgehead atoms. The molecule has 0 aliphatic rings. The normalized spacial score (nSPS) is 11.7. The standard InChI is InChI=1S/C18H19N3O8/c1-26-13-6-5-10(7-12(13)21(24)25)16(19-22)17(20-23)11-8-14(27-2)18(29-4)15(9-11)28-3/h5-9,22-23H,1-4H3/b19-16+,20-17+. The highest BCUT2D eigenvalue weighted by molar-refractivity contribution is 6.53. The Morgan fingerprint density at radius 2 is 1.34 bits per heavy atom. The van der Waals surface area contributed by atoms with E-state index in [9.17, 15) is 20.5 Å². The van der Waals surface area contributed by atoms with Gasteiger partial charge in [0.25, 0.3) is 0 Å². The second-order valence-electron chi connectivity index (χ2n) is 5.45. The first kappa shape index (κ1) is 21.3. The monoisotopic (exact) mass is 405 g/mol. The summed E-state index contributed by atoms with van der Waals surface area (Å²) in [6.07, 6.45) is 0. The molecule has 0 radical (unpaired) electrons. The molecule has 11 nitrogen and oxygen atoms in total. The van der Waals surface area contributed by atoms with Crippen molar-refractivity contribution in [3.8, 4) is 23.0 Å². The Kier molecular flexibility index (Phi) is 6.80. The van der Waals surface area contributed by atoms with Crippen LogP contribution in [0.4, 0.5) is 5.69 Å². The minimum Gasteiger partial charge on any atom is -0.493 e. The molecule has 154 valence electrons. The van der Waals surface area contributed by atoms with Crippen molar-refractivity contribution in [2.45, 2.75) is 0 Å². The van der Waals surface area contributed by atoms with Gasteiger partial charge in [0.1, 0.15) is 11.4 Å². The fourth-order valence-electron chi connectivity index (χ4n) is 2.68. The Labute approximate surface area is 165 Å². The largest absolute Gasteiger partial charge is 0.493 e. The fourth-order valence-corrected chi connectivity index (χ4v) is 2.68. The van der Waals surface area contributed by atoms with Crippen LogP contribution < -0.4 is 18.9 Å². The highest BCUT2D eigenvalue weighted by Crippen LogP contribution is 2.38. The quantitative estimate of drug-likeness (QED) is 0.295.